The van der Waals surface area contributed by atoms with Crippen LogP contribution in [0, 0.1) is 0 Å². The topological polar surface area (TPSA) is 72.9 Å². The van der Waals surface area contributed by atoms with Crippen LogP contribution in [0.25, 0.3) is 16.7 Å². The number of nitrogens with two attached hydrogens (primary N) is 1. The molecule has 1 aromatic heterocycles. The van der Waals surface area contributed by atoms with E-state index in [0.717, 1.165) is 28.7 Å². The Labute approximate surface area is 147 Å². The fourth-order valence-electron chi connectivity index (χ4n) is 2.96. The molecule has 1 atom stereocenters. The SMILES string of the molecule is CCCC(C)(N)C(=O)NCc1ccc(-n2cnc3ccccc32)cc1. The van der Waals surface area contributed by atoms with Crippen LogP contribution in [0.4, 0.5) is 0 Å². The summed E-state index contributed by atoms with van der Waals surface area (Å²) in [5, 5.41) is 2.92. The second-order valence-corrected chi connectivity index (χ2v) is 6.62. The Morgan fingerprint density at radius 2 is 1.92 bits per heavy atom. The molecule has 25 heavy (non-hydrogen) atoms. The molecular formula is C20H24N4O. The minimum atomic E-state index is -0.815. The summed E-state index contributed by atoms with van der Waals surface area (Å²) in [6.07, 6.45) is 3.38. The number of aromatic nitrogens is 2. The number of hydrogen-bond acceptors (Lipinski definition) is 3. The Morgan fingerprint density at radius 1 is 1.20 bits per heavy atom. The Hall–Kier alpha value is -2.66. The van der Waals surface area contributed by atoms with Gasteiger partial charge in [0, 0.05) is 12.2 Å². The zero-order chi connectivity index (χ0) is 17.9. The Morgan fingerprint density at radius 3 is 2.64 bits per heavy atom. The Bertz CT molecular complexity index is 865. The van der Waals surface area contributed by atoms with E-state index in [2.05, 4.69) is 14.9 Å². The van der Waals surface area contributed by atoms with Crippen molar-refractivity contribution in [1.82, 2.24) is 14.9 Å². The Kier molecular flexibility index (Phi) is 4.86. The molecule has 5 heteroatoms. The van der Waals surface area contributed by atoms with Crippen LogP contribution in [0.2, 0.25) is 0 Å². The molecule has 0 bridgehead atoms. The lowest BCUT2D eigenvalue weighted by molar-refractivity contribution is -0.126. The number of carbonyl (C=O) groups is 1. The van der Waals surface area contributed by atoms with Gasteiger partial charge in [0.15, 0.2) is 0 Å². The van der Waals surface area contributed by atoms with E-state index >= 15 is 0 Å². The van der Waals surface area contributed by atoms with Gasteiger partial charge >= 0.3 is 0 Å². The van der Waals surface area contributed by atoms with Gasteiger partial charge in [-0.15, -0.1) is 0 Å². The van der Waals surface area contributed by atoms with Crippen molar-refractivity contribution in [3.05, 3.63) is 60.4 Å². The number of rotatable bonds is 6. The number of imidazole rings is 1. The first kappa shape index (κ1) is 17.2. The first-order chi connectivity index (χ1) is 12.0. The molecule has 0 saturated heterocycles. The van der Waals surface area contributed by atoms with Crippen LogP contribution in [0.1, 0.15) is 32.3 Å². The highest BCUT2D eigenvalue weighted by Gasteiger charge is 2.26. The molecule has 0 saturated carbocycles. The second kappa shape index (κ2) is 7.07. The molecule has 3 N–H and O–H groups in total. The van der Waals surface area contributed by atoms with Crippen molar-refractivity contribution < 1.29 is 4.79 Å². The summed E-state index contributed by atoms with van der Waals surface area (Å²) >= 11 is 0. The first-order valence-electron chi connectivity index (χ1n) is 8.60. The predicted molar refractivity (Wildman–Crippen MR) is 100 cm³/mol. The highest BCUT2D eigenvalue weighted by molar-refractivity contribution is 5.85. The summed E-state index contributed by atoms with van der Waals surface area (Å²) in [5.41, 5.74) is 9.36. The molecule has 0 aliphatic heterocycles. The van der Waals surface area contributed by atoms with Crippen LogP contribution in [-0.2, 0) is 11.3 Å². The quantitative estimate of drug-likeness (QED) is 0.726. The summed E-state index contributed by atoms with van der Waals surface area (Å²) in [4.78, 5) is 16.6. The van der Waals surface area contributed by atoms with E-state index in [1.54, 1.807) is 6.92 Å². The van der Waals surface area contributed by atoms with E-state index in [9.17, 15) is 4.79 Å². The van der Waals surface area contributed by atoms with Crippen LogP contribution in [0.5, 0.6) is 0 Å². The molecule has 3 aromatic rings. The zero-order valence-corrected chi connectivity index (χ0v) is 14.7. The van der Waals surface area contributed by atoms with E-state index in [-0.39, 0.29) is 5.91 Å². The van der Waals surface area contributed by atoms with Crippen LogP contribution in [0.15, 0.2) is 54.9 Å². The maximum Gasteiger partial charge on any atom is 0.240 e. The molecule has 0 radical (unpaired) electrons. The lowest BCUT2D eigenvalue weighted by atomic mass is 9.96. The molecule has 5 nitrogen and oxygen atoms in total. The average molecular weight is 336 g/mol. The molecule has 0 spiro atoms. The number of carbonyl (C=O) groups excluding carboxylic acids is 1. The number of para-hydroxylation sites is 2. The smallest absolute Gasteiger partial charge is 0.240 e. The van der Waals surface area contributed by atoms with Gasteiger partial charge in [0.2, 0.25) is 5.91 Å². The van der Waals surface area contributed by atoms with Crippen molar-refractivity contribution in [1.29, 1.82) is 0 Å². The van der Waals surface area contributed by atoms with Gasteiger partial charge in [-0.2, -0.15) is 0 Å². The van der Waals surface area contributed by atoms with Gasteiger partial charge in [-0.25, -0.2) is 4.98 Å². The van der Waals surface area contributed by atoms with Gasteiger partial charge in [-0.3, -0.25) is 9.36 Å². The lowest BCUT2D eigenvalue weighted by Crippen LogP contribution is -2.51. The van der Waals surface area contributed by atoms with Gasteiger partial charge in [0.1, 0.15) is 6.33 Å². The van der Waals surface area contributed by atoms with Crippen molar-refractivity contribution >= 4 is 16.9 Å². The largest absolute Gasteiger partial charge is 0.350 e. The van der Waals surface area contributed by atoms with Crippen LogP contribution in [-0.4, -0.2) is 21.0 Å². The lowest BCUT2D eigenvalue weighted by Gasteiger charge is -2.22. The molecule has 1 heterocycles. The maximum atomic E-state index is 12.2. The summed E-state index contributed by atoms with van der Waals surface area (Å²) in [7, 11) is 0. The third-order valence-corrected chi connectivity index (χ3v) is 4.41. The highest BCUT2D eigenvalue weighted by atomic mass is 16.2. The maximum absolute atomic E-state index is 12.2. The van der Waals surface area contributed by atoms with Crippen molar-refractivity contribution in [3.8, 4) is 5.69 Å². The third kappa shape index (κ3) is 3.72. The van der Waals surface area contributed by atoms with E-state index in [0.29, 0.717) is 13.0 Å². The number of benzene rings is 2. The van der Waals surface area contributed by atoms with E-state index in [1.807, 2.05) is 61.8 Å². The molecule has 130 valence electrons. The summed E-state index contributed by atoms with van der Waals surface area (Å²) in [5.74, 6) is -0.112. The molecule has 0 aliphatic carbocycles. The number of amides is 1. The number of nitrogens with one attached hydrogen (secondary N) is 1. The minimum Gasteiger partial charge on any atom is -0.350 e. The average Bonchev–Trinajstić information content (AvgIpc) is 3.04. The van der Waals surface area contributed by atoms with Crippen molar-refractivity contribution in [2.24, 2.45) is 5.73 Å². The minimum absolute atomic E-state index is 0.112. The van der Waals surface area contributed by atoms with Crippen molar-refractivity contribution in [3.63, 3.8) is 0 Å². The number of fused-ring (bicyclic) bond motifs is 1. The standard InChI is InChI=1S/C20H24N4O/c1-3-12-20(2,21)19(25)22-13-15-8-10-16(11-9-15)24-14-23-17-6-4-5-7-18(17)24/h4-11,14H,3,12-13,21H2,1-2H3,(H,22,25). The second-order valence-electron chi connectivity index (χ2n) is 6.62. The van der Waals surface area contributed by atoms with Crippen LogP contribution in [0.3, 0.4) is 0 Å². The van der Waals surface area contributed by atoms with Gasteiger partial charge in [-0.1, -0.05) is 37.6 Å². The molecule has 1 unspecified atom stereocenters. The summed E-state index contributed by atoms with van der Waals surface area (Å²) < 4.78 is 2.05. The van der Waals surface area contributed by atoms with Crippen LogP contribution < -0.4 is 11.1 Å². The third-order valence-electron chi connectivity index (χ3n) is 4.41. The van der Waals surface area contributed by atoms with Crippen molar-refractivity contribution in [2.75, 3.05) is 0 Å². The summed E-state index contributed by atoms with van der Waals surface area (Å²) in [6, 6.07) is 16.1. The molecule has 0 fully saturated rings. The summed E-state index contributed by atoms with van der Waals surface area (Å²) in [6.45, 7) is 4.27. The molecule has 2 aromatic carbocycles. The van der Waals surface area contributed by atoms with E-state index in [4.69, 9.17) is 5.73 Å². The Balaban J connectivity index is 1.70. The van der Waals surface area contributed by atoms with Gasteiger partial charge in [0.25, 0.3) is 0 Å². The van der Waals surface area contributed by atoms with Crippen molar-refractivity contribution in [2.45, 2.75) is 38.8 Å². The zero-order valence-electron chi connectivity index (χ0n) is 14.7. The first-order valence-corrected chi connectivity index (χ1v) is 8.60. The molecule has 1 amide bonds. The highest BCUT2D eigenvalue weighted by Crippen LogP contribution is 2.18. The molecular weight excluding hydrogens is 312 g/mol. The fraction of sp³-hybridized carbons (Fsp3) is 0.300. The van der Waals surface area contributed by atoms with E-state index < -0.39 is 5.54 Å². The van der Waals surface area contributed by atoms with Gasteiger partial charge in [0.05, 0.1) is 16.6 Å². The number of nitrogens with zero attached hydrogens (tertiary/aromatic N) is 2. The normalized spacial score (nSPS) is 13.6. The molecule has 0 aliphatic rings. The van der Waals surface area contributed by atoms with Crippen LogP contribution >= 0.6 is 0 Å². The fourth-order valence-corrected chi connectivity index (χ4v) is 2.96. The molecule has 3 rings (SSSR count). The van der Waals surface area contributed by atoms with Gasteiger partial charge in [-0.05, 0) is 43.2 Å². The number of hydrogen-bond donors (Lipinski definition) is 2. The van der Waals surface area contributed by atoms with Gasteiger partial charge < -0.3 is 11.1 Å². The predicted octanol–water partition coefficient (Wildman–Crippen LogP) is 3.16. The monoisotopic (exact) mass is 336 g/mol. The van der Waals surface area contributed by atoms with E-state index in [1.165, 1.54) is 0 Å².